The second-order valence-electron chi connectivity index (χ2n) is 11.4. The van der Waals surface area contributed by atoms with Crippen LogP contribution in [0.5, 0.6) is 5.75 Å². The van der Waals surface area contributed by atoms with Gasteiger partial charge in [0.2, 0.25) is 0 Å². The third-order valence-corrected chi connectivity index (χ3v) is 6.39. The predicted molar refractivity (Wildman–Crippen MR) is 144 cm³/mol. The van der Waals surface area contributed by atoms with E-state index < -0.39 is 0 Å². The summed E-state index contributed by atoms with van der Waals surface area (Å²) in [5, 5.41) is 11.2. The second kappa shape index (κ2) is 10.6. The molecule has 3 aromatic rings. The molecule has 3 nitrogen and oxygen atoms in total. The number of ketones is 2. The Morgan fingerprint density at radius 3 is 1.49 bits per heavy atom. The molecule has 3 heteroatoms. The average molecular weight is 471 g/mol. The summed E-state index contributed by atoms with van der Waals surface area (Å²) in [5.41, 5.74) is 3.79. The van der Waals surface area contributed by atoms with E-state index >= 15 is 0 Å². The van der Waals surface area contributed by atoms with E-state index in [1.165, 1.54) is 0 Å². The number of Topliss-reactive ketones (excluding diaryl/α,β-unsaturated/α-hetero) is 2. The Morgan fingerprint density at radius 2 is 1.09 bits per heavy atom. The van der Waals surface area contributed by atoms with Crippen LogP contribution in [-0.2, 0) is 23.7 Å². The molecule has 0 heterocycles. The van der Waals surface area contributed by atoms with Crippen LogP contribution in [0.1, 0.15) is 97.4 Å². The van der Waals surface area contributed by atoms with Crippen LogP contribution in [0.15, 0.2) is 66.7 Å². The number of hydrogen-bond acceptors (Lipinski definition) is 3. The van der Waals surface area contributed by atoms with Gasteiger partial charge in [0.1, 0.15) is 5.75 Å². The maximum absolute atomic E-state index is 13.9. The Hall–Kier alpha value is -3.20. The topological polar surface area (TPSA) is 54.4 Å². The van der Waals surface area contributed by atoms with Crippen molar-refractivity contribution in [1.82, 2.24) is 0 Å². The molecule has 0 atom stereocenters. The van der Waals surface area contributed by atoms with Crippen molar-refractivity contribution in [3.8, 4) is 5.75 Å². The normalized spacial score (nSPS) is 11.9. The van der Waals surface area contributed by atoms with E-state index in [2.05, 4.69) is 41.5 Å². The zero-order valence-electron chi connectivity index (χ0n) is 21.9. The summed E-state index contributed by atoms with van der Waals surface area (Å²) in [4.78, 5) is 27.4. The Balaban J connectivity index is 2.11. The standard InChI is InChI=1S/C32H38O3/c1-31(2,3)24-21-27(35)28(25(33)19-17-22-13-9-7-10-14-22)29(30(24)32(4,5)6)26(34)20-18-23-15-11-8-12-16-23/h7-16,21,35H,17-20H2,1-6H3. The molecule has 0 aliphatic heterocycles. The molecular formula is C32H38O3. The fraction of sp³-hybridized carbons (Fsp3) is 0.375. The largest absolute Gasteiger partial charge is 0.507 e. The monoisotopic (exact) mass is 470 g/mol. The number of phenols is 1. The highest BCUT2D eigenvalue weighted by atomic mass is 16.3. The van der Waals surface area contributed by atoms with Gasteiger partial charge in [0.15, 0.2) is 11.6 Å². The van der Waals surface area contributed by atoms with Gasteiger partial charge in [0.05, 0.1) is 5.56 Å². The second-order valence-corrected chi connectivity index (χ2v) is 11.4. The van der Waals surface area contributed by atoms with Crippen molar-refractivity contribution in [3.63, 3.8) is 0 Å². The molecule has 0 saturated heterocycles. The fourth-order valence-electron chi connectivity index (χ4n) is 4.66. The zero-order chi connectivity index (χ0) is 25.8. The Bertz CT molecular complexity index is 1180. The maximum atomic E-state index is 13.9. The quantitative estimate of drug-likeness (QED) is 0.345. The lowest BCUT2D eigenvalue weighted by atomic mass is 9.70. The summed E-state index contributed by atoms with van der Waals surface area (Å²) in [6, 6.07) is 21.4. The molecule has 184 valence electrons. The molecule has 0 spiro atoms. The van der Waals surface area contributed by atoms with Gasteiger partial charge in [-0.3, -0.25) is 9.59 Å². The van der Waals surface area contributed by atoms with Gasteiger partial charge in [-0.15, -0.1) is 0 Å². The summed E-state index contributed by atoms with van der Waals surface area (Å²) in [7, 11) is 0. The molecule has 3 aromatic carbocycles. The molecule has 3 rings (SSSR count). The Morgan fingerprint density at radius 1 is 0.657 bits per heavy atom. The zero-order valence-corrected chi connectivity index (χ0v) is 21.9. The van der Waals surface area contributed by atoms with E-state index in [-0.39, 0.29) is 46.6 Å². The number of phenolic OH excluding ortho intramolecular Hbond substituents is 1. The van der Waals surface area contributed by atoms with Crippen LogP contribution < -0.4 is 0 Å². The molecule has 0 amide bonds. The van der Waals surface area contributed by atoms with Crippen LogP contribution in [0.3, 0.4) is 0 Å². The molecule has 0 aliphatic carbocycles. The van der Waals surface area contributed by atoms with Crippen LogP contribution in [0.4, 0.5) is 0 Å². The van der Waals surface area contributed by atoms with E-state index in [1.807, 2.05) is 60.7 Å². The van der Waals surface area contributed by atoms with E-state index in [1.54, 1.807) is 6.07 Å². The van der Waals surface area contributed by atoms with E-state index in [9.17, 15) is 14.7 Å². The first-order valence-corrected chi connectivity index (χ1v) is 12.4. The van der Waals surface area contributed by atoms with Crippen LogP contribution in [0, 0.1) is 0 Å². The number of rotatable bonds is 8. The third kappa shape index (κ3) is 6.48. The van der Waals surface area contributed by atoms with Crippen molar-refractivity contribution in [3.05, 3.63) is 100 Å². The predicted octanol–water partition coefficient (Wildman–Crippen LogP) is 7.62. The van der Waals surface area contributed by atoms with Gasteiger partial charge in [-0.25, -0.2) is 0 Å². The number of benzene rings is 3. The van der Waals surface area contributed by atoms with E-state index in [4.69, 9.17) is 0 Å². The average Bonchev–Trinajstić information content (AvgIpc) is 2.80. The molecule has 0 aromatic heterocycles. The van der Waals surface area contributed by atoms with Crippen molar-refractivity contribution < 1.29 is 14.7 Å². The summed E-state index contributed by atoms with van der Waals surface area (Å²) in [5.74, 6) is -0.382. The summed E-state index contributed by atoms with van der Waals surface area (Å²) in [6.07, 6.45) is 1.65. The molecule has 0 fully saturated rings. The minimum atomic E-state index is -0.386. The highest BCUT2D eigenvalue weighted by Crippen LogP contribution is 2.42. The Labute approximate surface area is 210 Å². The van der Waals surface area contributed by atoms with Gasteiger partial charge in [0, 0.05) is 18.4 Å². The van der Waals surface area contributed by atoms with E-state index in [0.717, 1.165) is 22.3 Å². The highest BCUT2D eigenvalue weighted by Gasteiger charge is 2.35. The highest BCUT2D eigenvalue weighted by molar-refractivity contribution is 6.12. The fourth-order valence-corrected chi connectivity index (χ4v) is 4.66. The summed E-state index contributed by atoms with van der Waals surface area (Å²) in [6.45, 7) is 12.4. The third-order valence-electron chi connectivity index (χ3n) is 6.39. The van der Waals surface area contributed by atoms with Gasteiger partial charge >= 0.3 is 0 Å². The molecule has 0 unspecified atom stereocenters. The number of carbonyl (C=O) groups excluding carboxylic acids is 2. The molecule has 35 heavy (non-hydrogen) atoms. The number of aromatic hydroxyl groups is 1. The van der Waals surface area contributed by atoms with Crippen molar-refractivity contribution in [2.45, 2.75) is 78.1 Å². The molecule has 0 saturated carbocycles. The van der Waals surface area contributed by atoms with Crippen LogP contribution in [0.25, 0.3) is 0 Å². The first-order valence-electron chi connectivity index (χ1n) is 12.4. The van der Waals surface area contributed by atoms with Gasteiger partial charge in [-0.1, -0.05) is 102 Å². The maximum Gasteiger partial charge on any atom is 0.167 e. The number of carbonyl (C=O) groups is 2. The lowest BCUT2D eigenvalue weighted by molar-refractivity contribution is 0.0945. The molecule has 0 radical (unpaired) electrons. The van der Waals surface area contributed by atoms with Crippen molar-refractivity contribution in [2.24, 2.45) is 0 Å². The van der Waals surface area contributed by atoms with Crippen molar-refractivity contribution >= 4 is 11.6 Å². The summed E-state index contributed by atoms with van der Waals surface area (Å²) < 4.78 is 0. The van der Waals surface area contributed by atoms with Gasteiger partial charge in [0.25, 0.3) is 0 Å². The summed E-state index contributed by atoms with van der Waals surface area (Å²) >= 11 is 0. The van der Waals surface area contributed by atoms with Gasteiger partial charge < -0.3 is 5.11 Å². The van der Waals surface area contributed by atoms with Crippen LogP contribution in [0.2, 0.25) is 0 Å². The van der Waals surface area contributed by atoms with Crippen molar-refractivity contribution in [1.29, 1.82) is 0 Å². The van der Waals surface area contributed by atoms with Crippen molar-refractivity contribution in [2.75, 3.05) is 0 Å². The smallest absolute Gasteiger partial charge is 0.167 e. The SMILES string of the molecule is CC(C)(C)c1cc(O)c(C(=O)CCc2ccccc2)c(C(=O)CCc2ccccc2)c1C(C)(C)C. The lowest BCUT2D eigenvalue weighted by Crippen LogP contribution is -2.28. The lowest BCUT2D eigenvalue weighted by Gasteiger charge is -2.33. The van der Waals surface area contributed by atoms with Crippen LogP contribution >= 0.6 is 0 Å². The molecular weight excluding hydrogens is 432 g/mol. The Kier molecular flexibility index (Phi) is 8.00. The molecule has 1 N–H and O–H groups in total. The first-order chi connectivity index (χ1) is 16.4. The van der Waals surface area contributed by atoms with Gasteiger partial charge in [-0.2, -0.15) is 0 Å². The molecule has 0 aliphatic rings. The minimum absolute atomic E-state index is 0.0935. The first kappa shape index (κ1) is 26.4. The minimum Gasteiger partial charge on any atom is -0.507 e. The number of hydrogen-bond donors (Lipinski definition) is 1. The van der Waals surface area contributed by atoms with Gasteiger partial charge in [-0.05, 0) is 52.0 Å². The van der Waals surface area contributed by atoms with E-state index in [0.29, 0.717) is 18.4 Å². The molecule has 0 bridgehead atoms. The number of aryl methyl sites for hydroxylation is 2. The van der Waals surface area contributed by atoms with Crippen LogP contribution in [-0.4, -0.2) is 16.7 Å².